The first-order valence-electron chi connectivity index (χ1n) is 9.17. The molecule has 3 heterocycles. The molecule has 0 saturated carbocycles. The highest BCUT2D eigenvalue weighted by Crippen LogP contribution is 2.35. The molecule has 3 aromatic heterocycles. The van der Waals surface area contributed by atoms with Gasteiger partial charge in [0.15, 0.2) is 0 Å². The van der Waals surface area contributed by atoms with Crippen LogP contribution < -0.4 is 0 Å². The van der Waals surface area contributed by atoms with Crippen LogP contribution in [0.3, 0.4) is 0 Å². The number of hydrogen-bond donors (Lipinski definition) is 1. The molecule has 0 aliphatic heterocycles. The lowest BCUT2D eigenvalue weighted by Gasteiger charge is -2.05. The van der Waals surface area contributed by atoms with E-state index in [1.165, 1.54) is 11.1 Å². The summed E-state index contributed by atoms with van der Waals surface area (Å²) in [5.74, 6) is 0.810. The maximum absolute atomic E-state index is 6.06. The minimum atomic E-state index is 0.707. The molecule has 0 aliphatic rings. The summed E-state index contributed by atoms with van der Waals surface area (Å²) in [7, 11) is 0. The van der Waals surface area contributed by atoms with Crippen LogP contribution >= 0.6 is 22.9 Å². The molecule has 0 spiro atoms. The summed E-state index contributed by atoms with van der Waals surface area (Å²) in [4.78, 5) is 12.6. The van der Waals surface area contributed by atoms with Crippen LogP contribution in [-0.4, -0.2) is 15.0 Å². The van der Waals surface area contributed by atoms with Gasteiger partial charge in [-0.05, 0) is 70.4 Å². The summed E-state index contributed by atoms with van der Waals surface area (Å²) in [5.41, 5.74) is 7.39. The largest absolute Gasteiger partial charge is 0.337 e. The number of pyridine rings is 1. The molecule has 0 radical (unpaired) electrons. The number of aromatic amines is 1. The number of nitrogens with one attached hydrogen (secondary N) is 1. The zero-order valence-corrected chi connectivity index (χ0v) is 16.9. The number of halogens is 1. The van der Waals surface area contributed by atoms with Crippen molar-refractivity contribution in [2.75, 3.05) is 0 Å². The standard InChI is InChI=1S/C24H16ClN3S/c25-21-6-4-17(5-7-21)24-27-22(16-8-11-26-12-9-16)23(28-24)19-3-1-2-18(14-19)20-10-13-29-15-20/h1-15H,(H,27,28). The molecular weight excluding hydrogens is 398 g/mol. The molecule has 0 atom stereocenters. The van der Waals surface area contributed by atoms with Crippen LogP contribution in [0.25, 0.3) is 45.0 Å². The van der Waals surface area contributed by atoms with Gasteiger partial charge < -0.3 is 4.98 Å². The quantitative estimate of drug-likeness (QED) is 0.338. The van der Waals surface area contributed by atoms with Crippen molar-refractivity contribution in [3.8, 4) is 45.0 Å². The molecule has 3 nitrogen and oxygen atoms in total. The first-order valence-corrected chi connectivity index (χ1v) is 10.5. The second-order valence-electron chi connectivity index (χ2n) is 6.64. The molecule has 140 valence electrons. The molecule has 2 aromatic carbocycles. The third-order valence-electron chi connectivity index (χ3n) is 4.78. The number of rotatable bonds is 4. The van der Waals surface area contributed by atoms with E-state index >= 15 is 0 Å². The fourth-order valence-corrected chi connectivity index (χ4v) is 4.12. The van der Waals surface area contributed by atoms with Gasteiger partial charge in [-0.1, -0.05) is 29.8 Å². The van der Waals surface area contributed by atoms with Crippen LogP contribution in [0, 0.1) is 0 Å². The summed E-state index contributed by atoms with van der Waals surface area (Å²) < 4.78 is 0. The van der Waals surface area contributed by atoms with Gasteiger partial charge in [0.25, 0.3) is 0 Å². The Balaban J connectivity index is 1.67. The first kappa shape index (κ1) is 17.9. The van der Waals surface area contributed by atoms with Gasteiger partial charge in [0.1, 0.15) is 5.82 Å². The van der Waals surface area contributed by atoms with Gasteiger partial charge in [-0.15, -0.1) is 0 Å². The third kappa shape index (κ3) is 3.60. The Labute approximate surface area is 177 Å². The number of aromatic nitrogens is 3. The van der Waals surface area contributed by atoms with Crippen molar-refractivity contribution in [3.63, 3.8) is 0 Å². The predicted octanol–water partition coefficient (Wildman–Crippen LogP) is 7.19. The molecule has 29 heavy (non-hydrogen) atoms. The third-order valence-corrected chi connectivity index (χ3v) is 5.72. The van der Waals surface area contributed by atoms with Crippen molar-refractivity contribution < 1.29 is 0 Å². The van der Waals surface area contributed by atoms with Gasteiger partial charge in [-0.3, -0.25) is 4.98 Å². The Kier molecular flexibility index (Phi) is 4.72. The summed E-state index contributed by atoms with van der Waals surface area (Å²) >= 11 is 7.76. The minimum absolute atomic E-state index is 0.707. The minimum Gasteiger partial charge on any atom is -0.337 e. The van der Waals surface area contributed by atoms with E-state index in [1.807, 2.05) is 36.4 Å². The van der Waals surface area contributed by atoms with Crippen molar-refractivity contribution in [1.82, 2.24) is 15.0 Å². The Morgan fingerprint density at radius 3 is 2.31 bits per heavy atom. The lowest BCUT2D eigenvalue weighted by molar-refractivity contribution is 1.30. The fraction of sp³-hybridized carbons (Fsp3) is 0. The van der Waals surface area contributed by atoms with Crippen molar-refractivity contribution in [1.29, 1.82) is 0 Å². The Bertz CT molecular complexity index is 1240. The second kappa shape index (κ2) is 7.66. The van der Waals surface area contributed by atoms with Gasteiger partial charge in [0.2, 0.25) is 0 Å². The topological polar surface area (TPSA) is 41.6 Å². The molecule has 5 aromatic rings. The summed E-state index contributed by atoms with van der Waals surface area (Å²) in [6, 6.07) is 22.3. The lowest BCUT2D eigenvalue weighted by atomic mass is 10.0. The van der Waals surface area contributed by atoms with Crippen LogP contribution in [0.2, 0.25) is 5.02 Å². The number of H-pyrrole nitrogens is 1. The van der Waals surface area contributed by atoms with Crippen molar-refractivity contribution in [2.45, 2.75) is 0 Å². The number of benzene rings is 2. The monoisotopic (exact) mass is 413 g/mol. The molecule has 0 unspecified atom stereocenters. The lowest BCUT2D eigenvalue weighted by Crippen LogP contribution is -1.85. The van der Waals surface area contributed by atoms with Gasteiger partial charge in [0, 0.05) is 34.1 Å². The van der Waals surface area contributed by atoms with E-state index in [4.69, 9.17) is 16.6 Å². The molecule has 5 heteroatoms. The molecule has 0 fully saturated rings. The van der Waals surface area contributed by atoms with Crippen molar-refractivity contribution in [3.05, 3.63) is 94.9 Å². The van der Waals surface area contributed by atoms with Crippen LogP contribution in [-0.2, 0) is 0 Å². The molecule has 0 bridgehead atoms. The Hall–Kier alpha value is -3.21. The molecular formula is C24H16ClN3S. The fourth-order valence-electron chi connectivity index (χ4n) is 3.33. The smallest absolute Gasteiger partial charge is 0.138 e. The Morgan fingerprint density at radius 1 is 0.759 bits per heavy atom. The second-order valence-corrected chi connectivity index (χ2v) is 7.86. The Morgan fingerprint density at radius 2 is 1.55 bits per heavy atom. The molecule has 0 saturated heterocycles. The highest BCUT2D eigenvalue weighted by Gasteiger charge is 2.16. The van der Waals surface area contributed by atoms with E-state index < -0.39 is 0 Å². The number of imidazole rings is 1. The van der Waals surface area contributed by atoms with E-state index in [2.05, 4.69) is 51.1 Å². The van der Waals surface area contributed by atoms with Crippen molar-refractivity contribution in [2.24, 2.45) is 0 Å². The molecule has 0 amide bonds. The maximum atomic E-state index is 6.06. The molecule has 5 rings (SSSR count). The SMILES string of the molecule is Clc1ccc(-c2nc(-c3cccc(-c4ccsc4)c3)c(-c3ccncc3)[nH]2)cc1. The highest BCUT2D eigenvalue weighted by atomic mass is 35.5. The number of thiophene rings is 1. The summed E-state index contributed by atoms with van der Waals surface area (Å²) in [6.45, 7) is 0. The number of hydrogen-bond acceptors (Lipinski definition) is 3. The summed E-state index contributed by atoms with van der Waals surface area (Å²) in [5, 5.41) is 4.96. The first-order chi connectivity index (χ1) is 14.3. The maximum Gasteiger partial charge on any atom is 0.138 e. The highest BCUT2D eigenvalue weighted by molar-refractivity contribution is 7.08. The van der Waals surface area contributed by atoms with Gasteiger partial charge in [0.05, 0.1) is 11.4 Å². The zero-order valence-electron chi connectivity index (χ0n) is 15.3. The van der Waals surface area contributed by atoms with Crippen LogP contribution in [0.15, 0.2) is 89.9 Å². The van der Waals surface area contributed by atoms with Gasteiger partial charge in [-0.25, -0.2) is 4.98 Å². The molecule has 1 N–H and O–H groups in total. The van der Waals surface area contributed by atoms with Crippen LogP contribution in [0.4, 0.5) is 0 Å². The van der Waals surface area contributed by atoms with Gasteiger partial charge in [-0.2, -0.15) is 11.3 Å². The predicted molar refractivity (Wildman–Crippen MR) is 121 cm³/mol. The van der Waals surface area contributed by atoms with E-state index in [9.17, 15) is 0 Å². The van der Waals surface area contributed by atoms with E-state index in [0.717, 1.165) is 33.9 Å². The number of nitrogens with zero attached hydrogens (tertiary/aromatic N) is 2. The van der Waals surface area contributed by atoms with Crippen LogP contribution in [0.5, 0.6) is 0 Å². The van der Waals surface area contributed by atoms with E-state index in [0.29, 0.717) is 5.02 Å². The molecule has 0 aliphatic carbocycles. The summed E-state index contributed by atoms with van der Waals surface area (Å²) in [6.07, 6.45) is 3.59. The zero-order chi connectivity index (χ0) is 19.6. The van der Waals surface area contributed by atoms with E-state index in [-0.39, 0.29) is 0 Å². The van der Waals surface area contributed by atoms with Crippen LogP contribution in [0.1, 0.15) is 0 Å². The average Bonchev–Trinajstić information content (AvgIpc) is 3.46. The van der Waals surface area contributed by atoms with Crippen molar-refractivity contribution >= 4 is 22.9 Å². The van der Waals surface area contributed by atoms with Gasteiger partial charge >= 0.3 is 0 Å². The normalized spacial score (nSPS) is 10.9. The van der Waals surface area contributed by atoms with E-state index in [1.54, 1.807) is 23.7 Å². The average molecular weight is 414 g/mol.